The normalized spacial score (nSPS) is 18.7. The van der Waals surface area contributed by atoms with Crippen molar-refractivity contribution >= 4 is 21.8 Å². The van der Waals surface area contributed by atoms with Crippen LogP contribution in [0.25, 0.3) is 0 Å². The first-order valence-corrected chi connectivity index (χ1v) is 7.60. The second-order valence-electron chi connectivity index (χ2n) is 5.03. The van der Waals surface area contributed by atoms with E-state index in [1.54, 1.807) is 0 Å². The van der Waals surface area contributed by atoms with Crippen LogP contribution < -0.4 is 5.32 Å². The molecular formula is C15H18BrN3O. The third-order valence-electron chi connectivity index (χ3n) is 3.59. The summed E-state index contributed by atoms with van der Waals surface area (Å²) in [5.74, 6) is -0.0609. The van der Waals surface area contributed by atoms with Crippen molar-refractivity contribution in [1.29, 1.82) is 5.26 Å². The Kier molecular flexibility index (Phi) is 5.57. The van der Waals surface area contributed by atoms with E-state index in [1.165, 1.54) is 5.56 Å². The first-order chi connectivity index (χ1) is 9.69. The highest BCUT2D eigenvalue weighted by molar-refractivity contribution is 9.10. The summed E-state index contributed by atoms with van der Waals surface area (Å²) in [4.78, 5) is 13.9. The number of likely N-dealkylation sites (tertiary alicyclic amines) is 1. The number of nitrogens with one attached hydrogen (secondary N) is 1. The molecule has 1 atom stereocenters. The Morgan fingerprint density at radius 1 is 1.45 bits per heavy atom. The zero-order valence-electron chi connectivity index (χ0n) is 11.3. The predicted octanol–water partition coefficient (Wildman–Crippen LogP) is 2.10. The molecule has 0 spiro atoms. The van der Waals surface area contributed by atoms with Crippen LogP contribution in [-0.4, -0.2) is 36.5 Å². The minimum atomic E-state index is -0.0609. The highest BCUT2D eigenvalue weighted by Gasteiger charge is 2.26. The van der Waals surface area contributed by atoms with Crippen LogP contribution >= 0.6 is 15.9 Å². The van der Waals surface area contributed by atoms with Gasteiger partial charge < -0.3 is 5.32 Å². The van der Waals surface area contributed by atoms with Crippen molar-refractivity contribution in [2.75, 3.05) is 19.6 Å². The number of amides is 1. The summed E-state index contributed by atoms with van der Waals surface area (Å²) in [7, 11) is 0. The maximum absolute atomic E-state index is 11.7. The van der Waals surface area contributed by atoms with E-state index >= 15 is 0 Å². The van der Waals surface area contributed by atoms with Gasteiger partial charge in [-0.15, -0.1) is 0 Å². The molecule has 1 saturated heterocycles. The number of halogens is 1. The Hall–Kier alpha value is -1.38. The van der Waals surface area contributed by atoms with Gasteiger partial charge in [-0.05, 0) is 43.5 Å². The Labute approximate surface area is 127 Å². The summed E-state index contributed by atoms with van der Waals surface area (Å²) >= 11 is 3.44. The summed E-state index contributed by atoms with van der Waals surface area (Å²) < 4.78 is 1.08. The van der Waals surface area contributed by atoms with Crippen LogP contribution in [0.4, 0.5) is 0 Å². The first kappa shape index (κ1) is 15.0. The first-order valence-electron chi connectivity index (χ1n) is 6.81. The summed E-state index contributed by atoms with van der Waals surface area (Å²) in [6.45, 7) is 1.44. The standard InChI is InChI=1S/C15H18BrN3O/c16-13-5-3-12(4-6-13)10-14-2-1-9-19(14)11-15(20)18-8-7-17/h3-6,14H,1-2,8-11H2,(H,18,20)/t14-/m0/s1. The number of rotatable bonds is 5. The number of nitriles is 1. The fourth-order valence-corrected chi connectivity index (χ4v) is 2.87. The van der Waals surface area contributed by atoms with Crippen molar-refractivity contribution in [3.05, 3.63) is 34.3 Å². The van der Waals surface area contributed by atoms with Crippen molar-refractivity contribution in [3.8, 4) is 6.07 Å². The highest BCUT2D eigenvalue weighted by Crippen LogP contribution is 2.21. The van der Waals surface area contributed by atoms with Crippen molar-refractivity contribution < 1.29 is 4.79 Å². The average molecular weight is 336 g/mol. The molecular weight excluding hydrogens is 318 g/mol. The Morgan fingerprint density at radius 3 is 2.90 bits per heavy atom. The molecule has 5 heteroatoms. The second kappa shape index (κ2) is 7.41. The molecule has 1 fully saturated rings. The van der Waals surface area contributed by atoms with Crippen LogP contribution in [0.5, 0.6) is 0 Å². The smallest absolute Gasteiger partial charge is 0.235 e. The molecule has 0 radical (unpaired) electrons. The third-order valence-corrected chi connectivity index (χ3v) is 4.12. The number of hydrogen-bond donors (Lipinski definition) is 1. The fraction of sp³-hybridized carbons (Fsp3) is 0.467. The lowest BCUT2D eigenvalue weighted by molar-refractivity contribution is -0.122. The van der Waals surface area contributed by atoms with Crippen molar-refractivity contribution in [3.63, 3.8) is 0 Å². The van der Waals surface area contributed by atoms with E-state index < -0.39 is 0 Å². The molecule has 0 aliphatic carbocycles. The molecule has 4 nitrogen and oxygen atoms in total. The predicted molar refractivity (Wildman–Crippen MR) is 81.1 cm³/mol. The molecule has 1 amide bonds. The molecule has 106 valence electrons. The van der Waals surface area contributed by atoms with Crippen LogP contribution in [0.3, 0.4) is 0 Å². The topological polar surface area (TPSA) is 56.1 Å². The van der Waals surface area contributed by atoms with Crippen LogP contribution in [-0.2, 0) is 11.2 Å². The number of nitrogens with zero attached hydrogens (tertiary/aromatic N) is 2. The van der Waals surface area contributed by atoms with Gasteiger partial charge in [0.1, 0.15) is 6.54 Å². The largest absolute Gasteiger partial charge is 0.342 e. The zero-order valence-corrected chi connectivity index (χ0v) is 12.9. The van der Waals surface area contributed by atoms with Gasteiger partial charge in [-0.1, -0.05) is 28.1 Å². The van der Waals surface area contributed by atoms with Gasteiger partial charge in [0.15, 0.2) is 0 Å². The SMILES string of the molecule is N#CCNC(=O)CN1CCC[C@H]1Cc1ccc(Br)cc1. The van der Waals surface area contributed by atoms with Gasteiger partial charge in [-0.25, -0.2) is 0 Å². The third kappa shape index (κ3) is 4.32. The quantitative estimate of drug-likeness (QED) is 0.838. The van der Waals surface area contributed by atoms with Crippen LogP contribution in [0.1, 0.15) is 18.4 Å². The van der Waals surface area contributed by atoms with Gasteiger partial charge in [0.25, 0.3) is 0 Å². The van der Waals surface area contributed by atoms with E-state index in [4.69, 9.17) is 5.26 Å². The van der Waals surface area contributed by atoms with Crippen LogP contribution in [0.15, 0.2) is 28.7 Å². The molecule has 1 heterocycles. The lowest BCUT2D eigenvalue weighted by Gasteiger charge is -2.23. The van der Waals surface area contributed by atoms with Gasteiger partial charge in [-0.2, -0.15) is 5.26 Å². The number of benzene rings is 1. The van der Waals surface area contributed by atoms with Gasteiger partial charge in [0.05, 0.1) is 12.6 Å². The lowest BCUT2D eigenvalue weighted by atomic mass is 10.0. The molecule has 0 aromatic heterocycles. The Morgan fingerprint density at radius 2 is 2.20 bits per heavy atom. The summed E-state index contributed by atoms with van der Waals surface area (Å²) in [6.07, 6.45) is 3.23. The molecule has 0 unspecified atom stereocenters. The molecule has 20 heavy (non-hydrogen) atoms. The summed E-state index contributed by atoms with van der Waals surface area (Å²) in [5.41, 5.74) is 1.29. The van der Waals surface area contributed by atoms with Gasteiger partial charge in [-0.3, -0.25) is 9.69 Å². The number of carbonyl (C=O) groups is 1. The van der Waals surface area contributed by atoms with E-state index in [-0.39, 0.29) is 12.5 Å². The maximum atomic E-state index is 11.7. The monoisotopic (exact) mass is 335 g/mol. The van der Waals surface area contributed by atoms with E-state index in [2.05, 4.69) is 38.3 Å². The molecule has 1 aromatic rings. The molecule has 1 aliphatic rings. The maximum Gasteiger partial charge on any atom is 0.235 e. The van der Waals surface area contributed by atoms with Gasteiger partial charge >= 0.3 is 0 Å². The van der Waals surface area contributed by atoms with E-state index in [0.29, 0.717) is 12.6 Å². The van der Waals surface area contributed by atoms with Gasteiger partial charge in [0, 0.05) is 10.5 Å². The fourth-order valence-electron chi connectivity index (χ4n) is 2.61. The highest BCUT2D eigenvalue weighted by atomic mass is 79.9. The van der Waals surface area contributed by atoms with Crippen molar-refractivity contribution in [2.24, 2.45) is 0 Å². The molecule has 1 N–H and O–H groups in total. The summed E-state index contributed by atoms with van der Waals surface area (Å²) in [6, 6.07) is 10.7. The Bertz CT molecular complexity index is 495. The second-order valence-corrected chi connectivity index (χ2v) is 5.95. The van der Waals surface area contributed by atoms with E-state index in [0.717, 1.165) is 30.3 Å². The van der Waals surface area contributed by atoms with E-state index in [1.807, 2.05) is 18.2 Å². The minimum Gasteiger partial charge on any atom is -0.342 e. The Balaban J connectivity index is 1.89. The number of carbonyl (C=O) groups excluding carboxylic acids is 1. The minimum absolute atomic E-state index is 0.0609. The molecule has 1 aromatic carbocycles. The van der Waals surface area contributed by atoms with E-state index in [9.17, 15) is 4.79 Å². The van der Waals surface area contributed by atoms with Crippen molar-refractivity contribution in [1.82, 2.24) is 10.2 Å². The van der Waals surface area contributed by atoms with Gasteiger partial charge in [0.2, 0.25) is 5.91 Å². The molecule has 0 bridgehead atoms. The molecule has 1 aliphatic heterocycles. The lowest BCUT2D eigenvalue weighted by Crippen LogP contribution is -2.40. The number of hydrogen-bond acceptors (Lipinski definition) is 3. The van der Waals surface area contributed by atoms with Crippen molar-refractivity contribution in [2.45, 2.75) is 25.3 Å². The average Bonchev–Trinajstić information content (AvgIpc) is 2.86. The van der Waals surface area contributed by atoms with Crippen LogP contribution in [0.2, 0.25) is 0 Å². The molecule has 0 saturated carbocycles. The summed E-state index contributed by atoms with van der Waals surface area (Å²) in [5, 5.41) is 11.1. The zero-order chi connectivity index (χ0) is 14.4. The molecule has 2 rings (SSSR count). The van der Waals surface area contributed by atoms with Crippen LogP contribution in [0, 0.1) is 11.3 Å².